The molecule has 3 rings (SSSR count). The summed E-state index contributed by atoms with van der Waals surface area (Å²) in [5.74, 6) is -7.29. The number of hydrogen-bond donors (Lipinski definition) is 0. The van der Waals surface area contributed by atoms with Gasteiger partial charge in [0.15, 0.2) is 30.7 Å². The largest absolute Gasteiger partial charge is 0.463 e. The van der Waals surface area contributed by atoms with Gasteiger partial charge in [-0.15, -0.1) is 0 Å². The number of hydrogen-bond acceptors (Lipinski definition) is 21. The molecule has 0 spiro atoms. The maximum Gasteiger partial charge on any atom is 0.303 e. The summed E-state index contributed by atoms with van der Waals surface area (Å²) in [5, 5.41) is 0. The van der Waals surface area contributed by atoms with E-state index < -0.39 is 122 Å². The van der Waals surface area contributed by atoms with Crippen LogP contribution in [0.4, 0.5) is 0 Å². The number of benzene rings is 1. The molecule has 2 fully saturated rings. The van der Waals surface area contributed by atoms with E-state index >= 15 is 0 Å². The first-order chi connectivity index (χ1) is 26.3. The van der Waals surface area contributed by atoms with Gasteiger partial charge >= 0.3 is 47.8 Å². The Hall–Kier alpha value is -5.83. The number of ether oxygens (including phenoxy) is 12. The Balaban J connectivity index is 2.10. The molecule has 2 aliphatic rings. The maximum absolute atomic E-state index is 12.3. The summed E-state index contributed by atoms with van der Waals surface area (Å²) in [7, 11) is 0. The molecule has 21 nitrogen and oxygen atoms in total. The highest BCUT2D eigenvalue weighted by atomic mass is 16.8. The quantitative estimate of drug-likeness (QED) is 0.132. The SMILES string of the molecule is CC(=O)OC[C@H]1O[C@@H](Oc2ccc(C=O)c(O[C@@H]3O[C@H](COC(C)=O)[C@@H](OC(C)=O)[C@H](OC(C)=O)[C@H]3OC(C)=O)c2)[C@H](OC(C)=O)[C@@H](OC(C)=O)[C@@H]1OC(C)=O. The molecule has 10 atom stereocenters. The van der Waals surface area contributed by atoms with Crippen LogP contribution in [0.1, 0.15) is 65.7 Å². The van der Waals surface area contributed by atoms with Gasteiger partial charge in [-0.1, -0.05) is 0 Å². The average Bonchev–Trinajstić information content (AvgIpc) is 3.07. The number of aldehydes is 1. The Kier molecular flexibility index (Phi) is 16.1. The fraction of sp³-hybridized carbons (Fsp3) is 0.571. The molecule has 0 N–H and O–H groups in total. The van der Waals surface area contributed by atoms with Gasteiger partial charge in [-0.3, -0.25) is 43.2 Å². The first-order valence-corrected chi connectivity index (χ1v) is 16.8. The Bertz CT molecular complexity index is 1660. The third-order valence-electron chi connectivity index (χ3n) is 7.50. The molecule has 0 aromatic heterocycles. The molecule has 0 aliphatic carbocycles. The molecule has 56 heavy (non-hydrogen) atoms. The minimum absolute atomic E-state index is 0.147. The van der Waals surface area contributed by atoms with Gasteiger partial charge < -0.3 is 56.8 Å². The minimum atomic E-state index is -1.75. The molecular formula is C35H42O21. The maximum atomic E-state index is 12.3. The lowest BCUT2D eigenvalue weighted by Gasteiger charge is -2.44. The predicted molar refractivity (Wildman–Crippen MR) is 177 cm³/mol. The number of carbonyl (C=O) groups is 9. The van der Waals surface area contributed by atoms with Gasteiger partial charge in [0.2, 0.25) is 24.8 Å². The highest BCUT2D eigenvalue weighted by Gasteiger charge is 2.55. The third kappa shape index (κ3) is 12.9. The highest BCUT2D eigenvalue weighted by molar-refractivity contribution is 5.80. The lowest BCUT2D eigenvalue weighted by molar-refractivity contribution is -0.289. The van der Waals surface area contributed by atoms with Crippen LogP contribution in [0.5, 0.6) is 11.5 Å². The van der Waals surface area contributed by atoms with E-state index in [1.165, 1.54) is 12.1 Å². The lowest BCUT2D eigenvalue weighted by atomic mass is 9.98. The molecular weight excluding hydrogens is 756 g/mol. The molecule has 0 amide bonds. The molecule has 0 saturated carbocycles. The second-order valence-electron chi connectivity index (χ2n) is 12.2. The van der Waals surface area contributed by atoms with Crippen LogP contribution >= 0.6 is 0 Å². The highest BCUT2D eigenvalue weighted by Crippen LogP contribution is 2.35. The summed E-state index contributed by atoms with van der Waals surface area (Å²) in [5.41, 5.74) is -0.147. The van der Waals surface area contributed by atoms with Crippen LogP contribution in [0, 0.1) is 0 Å². The van der Waals surface area contributed by atoms with E-state index in [-0.39, 0.29) is 17.1 Å². The van der Waals surface area contributed by atoms with Crippen LogP contribution in [0.15, 0.2) is 18.2 Å². The average molecular weight is 799 g/mol. The van der Waals surface area contributed by atoms with Gasteiger partial charge in [0, 0.05) is 61.5 Å². The fourth-order valence-electron chi connectivity index (χ4n) is 5.61. The van der Waals surface area contributed by atoms with Crippen molar-refractivity contribution in [1.29, 1.82) is 0 Å². The normalized spacial score (nSPS) is 26.9. The van der Waals surface area contributed by atoms with Crippen molar-refractivity contribution < 1.29 is 100.0 Å². The van der Waals surface area contributed by atoms with E-state index in [2.05, 4.69) is 0 Å². The van der Waals surface area contributed by atoms with E-state index in [9.17, 15) is 43.2 Å². The Labute approximate surface area is 319 Å². The van der Waals surface area contributed by atoms with Gasteiger partial charge in [-0.25, -0.2) is 0 Å². The van der Waals surface area contributed by atoms with Crippen molar-refractivity contribution >= 4 is 54.0 Å². The molecule has 2 aliphatic heterocycles. The van der Waals surface area contributed by atoms with Crippen molar-refractivity contribution in [1.82, 2.24) is 0 Å². The van der Waals surface area contributed by atoms with E-state index in [1.807, 2.05) is 0 Å². The number of rotatable bonds is 15. The zero-order valence-corrected chi connectivity index (χ0v) is 31.6. The predicted octanol–water partition coefficient (Wildman–Crippen LogP) is 0.423. The molecule has 2 saturated heterocycles. The smallest absolute Gasteiger partial charge is 0.303 e. The zero-order chi connectivity index (χ0) is 41.9. The molecule has 0 unspecified atom stereocenters. The summed E-state index contributed by atoms with van der Waals surface area (Å²) < 4.78 is 66.6. The summed E-state index contributed by atoms with van der Waals surface area (Å²) in [4.78, 5) is 109. The summed E-state index contributed by atoms with van der Waals surface area (Å²) >= 11 is 0. The zero-order valence-electron chi connectivity index (χ0n) is 31.6. The van der Waals surface area contributed by atoms with Crippen LogP contribution in [0.3, 0.4) is 0 Å². The van der Waals surface area contributed by atoms with Crippen molar-refractivity contribution in [3.63, 3.8) is 0 Å². The van der Waals surface area contributed by atoms with Crippen molar-refractivity contribution in [3.05, 3.63) is 23.8 Å². The Morgan fingerprint density at radius 1 is 0.500 bits per heavy atom. The number of carbonyl (C=O) groups excluding carboxylic acids is 9. The van der Waals surface area contributed by atoms with Crippen molar-refractivity contribution in [2.24, 2.45) is 0 Å². The molecule has 2 heterocycles. The van der Waals surface area contributed by atoms with E-state index in [0.29, 0.717) is 6.29 Å². The topological polar surface area (TPSA) is 264 Å². The van der Waals surface area contributed by atoms with E-state index in [0.717, 1.165) is 61.5 Å². The first kappa shape index (κ1) is 44.6. The molecule has 0 bridgehead atoms. The standard InChI is InChI=1S/C35H42O21/c1-15(37)45-13-26-28(47-17(3)39)30(49-19(5)41)32(51-21(7)43)34(55-26)53-24-10-9-23(12-36)25(11-24)54-35-33(52-22(8)44)31(50-20(6)42)29(48-18(4)40)27(56-35)14-46-16(2)38/h9-12,26-35H,13-14H2,1-8H3/t26-,27-,28-,29-,30+,31+,32-,33-,34-,35-/m1/s1. The summed E-state index contributed by atoms with van der Waals surface area (Å²) in [6, 6.07) is 3.61. The molecule has 21 heteroatoms. The first-order valence-electron chi connectivity index (χ1n) is 16.8. The van der Waals surface area contributed by atoms with Crippen LogP contribution < -0.4 is 9.47 Å². The molecule has 1 aromatic rings. The van der Waals surface area contributed by atoms with Gasteiger partial charge in [0.05, 0.1) is 5.56 Å². The van der Waals surface area contributed by atoms with Crippen LogP contribution in [0.2, 0.25) is 0 Å². The summed E-state index contributed by atoms with van der Waals surface area (Å²) in [6.07, 6.45) is -15.2. The molecule has 1 aromatic carbocycles. The Morgan fingerprint density at radius 2 is 0.857 bits per heavy atom. The summed E-state index contributed by atoms with van der Waals surface area (Å²) in [6.45, 7) is 7.31. The molecule has 0 radical (unpaired) electrons. The second kappa shape index (κ2) is 20.2. The van der Waals surface area contributed by atoms with Crippen molar-refractivity contribution in [2.45, 2.75) is 117 Å². The van der Waals surface area contributed by atoms with Crippen LogP contribution in [-0.4, -0.2) is 129 Å². The van der Waals surface area contributed by atoms with Gasteiger partial charge in [0.1, 0.15) is 36.9 Å². The van der Waals surface area contributed by atoms with Gasteiger partial charge in [0.25, 0.3) is 0 Å². The molecule has 308 valence electrons. The van der Waals surface area contributed by atoms with Crippen molar-refractivity contribution in [2.75, 3.05) is 13.2 Å². The van der Waals surface area contributed by atoms with E-state index in [4.69, 9.17) is 56.8 Å². The van der Waals surface area contributed by atoms with Crippen LogP contribution in [0.25, 0.3) is 0 Å². The second-order valence-corrected chi connectivity index (χ2v) is 12.2. The van der Waals surface area contributed by atoms with Crippen LogP contribution in [-0.2, 0) is 85.7 Å². The number of esters is 8. The fourth-order valence-corrected chi connectivity index (χ4v) is 5.61. The third-order valence-corrected chi connectivity index (χ3v) is 7.50. The van der Waals surface area contributed by atoms with Crippen molar-refractivity contribution in [3.8, 4) is 11.5 Å². The minimum Gasteiger partial charge on any atom is -0.463 e. The van der Waals surface area contributed by atoms with Gasteiger partial charge in [-0.05, 0) is 12.1 Å². The lowest BCUT2D eigenvalue weighted by Crippen LogP contribution is -2.63. The van der Waals surface area contributed by atoms with E-state index in [1.54, 1.807) is 0 Å². The monoisotopic (exact) mass is 798 g/mol. The Morgan fingerprint density at radius 3 is 1.21 bits per heavy atom. The van der Waals surface area contributed by atoms with Gasteiger partial charge in [-0.2, -0.15) is 0 Å².